The van der Waals surface area contributed by atoms with Crippen LogP contribution in [0.5, 0.6) is 0 Å². The van der Waals surface area contributed by atoms with E-state index in [9.17, 15) is 4.79 Å². The van der Waals surface area contributed by atoms with Gasteiger partial charge < -0.3 is 4.79 Å². The fourth-order valence-corrected chi connectivity index (χ4v) is 5.88. The number of hydrogen-bond donors (Lipinski definition) is 0. The highest BCUT2D eigenvalue weighted by Gasteiger charge is 2.55. The molecule has 0 N–H and O–H groups in total. The zero-order chi connectivity index (χ0) is 15.3. The van der Waals surface area contributed by atoms with Gasteiger partial charge in [0, 0.05) is 10.8 Å². The minimum atomic E-state index is -0.0856. The first kappa shape index (κ1) is 15.1. The molecule has 1 nitrogen and oxygen atoms in total. The van der Waals surface area contributed by atoms with Crippen LogP contribution in [0.25, 0.3) is 0 Å². The summed E-state index contributed by atoms with van der Waals surface area (Å²) in [5.41, 5.74) is 2.10. The van der Waals surface area contributed by atoms with Crippen molar-refractivity contribution in [3.05, 3.63) is 24.3 Å². The lowest BCUT2D eigenvalue weighted by Crippen LogP contribution is -2.52. The molecule has 0 saturated heterocycles. The number of carbonyl (C=O) groups is 1. The van der Waals surface area contributed by atoms with Crippen molar-refractivity contribution in [2.75, 3.05) is 0 Å². The van der Waals surface area contributed by atoms with Gasteiger partial charge in [0.1, 0.15) is 6.29 Å². The molecule has 3 rings (SSSR count). The van der Waals surface area contributed by atoms with Crippen LogP contribution in [0.3, 0.4) is 0 Å². The Morgan fingerprint density at radius 1 is 1.19 bits per heavy atom. The Kier molecular flexibility index (Phi) is 3.46. The topological polar surface area (TPSA) is 17.1 Å². The minimum absolute atomic E-state index is 0.0856. The normalized spacial score (nSPS) is 49.6. The predicted octanol–water partition coefficient (Wildman–Crippen LogP) is 5.32. The molecule has 0 bridgehead atoms. The van der Waals surface area contributed by atoms with E-state index < -0.39 is 0 Å². The van der Waals surface area contributed by atoms with Crippen molar-refractivity contribution in [2.45, 2.75) is 65.7 Å². The first-order valence-electron chi connectivity index (χ1n) is 8.68. The van der Waals surface area contributed by atoms with Crippen molar-refractivity contribution in [3.8, 4) is 0 Å². The van der Waals surface area contributed by atoms with Crippen LogP contribution in [0.1, 0.15) is 65.7 Å². The van der Waals surface area contributed by atoms with E-state index in [0.717, 1.165) is 6.42 Å². The summed E-state index contributed by atoms with van der Waals surface area (Å²) in [5, 5.41) is 0. The molecular formula is C20H30O. The average molecular weight is 286 g/mol. The van der Waals surface area contributed by atoms with Crippen molar-refractivity contribution in [1.29, 1.82) is 0 Å². The lowest BCUT2D eigenvalue weighted by Gasteiger charge is -2.59. The van der Waals surface area contributed by atoms with Gasteiger partial charge in [-0.1, -0.05) is 44.9 Å². The van der Waals surface area contributed by atoms with Crippen LogP contribution in [0.15, 0.2) is 24.3 Å². The SMILES string of the molecule is C=C[C@]1(C)C=C2CC[C@H]3[C@](C)(CCC[C@@]3(C)C=O)[C@H]2CC1. The van der Waals surface area contributed by atoms with Gasteiger partial charge in [-0.25, -0.2) is 0 Å². The smallest absolute Gasteiger partial charge is 0.126 e. The molecule has 0 spiro atoms. The van der Waals surface area contributed by atoms with E-state index in [1.165, 1.54) is 44.8 Å². The maximum Gasteiger partial charge on any atom is 0.126 e. The summed E-state index contributed by atoms with van der Waals surface area (Å²) < 4.78 is 0. The van der Waals surface area contributed by atoms with Gasteiger partial charge in [0.2, 0.25) is 0 Å². The molecule has 5 atom stereocenters. The van der Waals surface area contributed by atoms with Crippen LogP contribution in [0.4, 0.5) is 0 Å². The number of aldehydes is 1. The Balaban J connectivity index is 1.98. The molecule has 2 saturated carbocycles. The van der Waals surface area contributed by atoms with Gasteiger partial charge in [-0.3, -0.25) is 0 Å². The zero-order valence-corrected chi connectivity index (χ0v) is 14.0. The summed E-state index contributed by atoms with van der Waals surface area (Å²) in [4.78, 5) is 11.8. The molecule has 3 aliphatic carbocycles. The monoisotopic (exact) mass is 286 g/mol. The van der Waals surface area contributed by atoms with Crippen LogP contribution in [0, 0.1) is 28.1 Å². The molecule has 0 heterocycles. The number of rotatable bonds is 2. The molecule has 0 radical (unpaired) electrons. The average Bonchev–Trinajstić information content (AvgIpc) is 2.46. The summed E-state index contributed by atoms with van der Waals surface area (Å²) in [6, 6.07) is 0. The Morgan fingerprint density at radius 2 is 1.95 bits per heavy atom. The standard InChI is InChI=1S/C20H30O/c1-5-18(2)12-9-16-15(13-18)7-8-17-19(3,14-21)10-6-11-20(16,17)4/h5,13-14,16-17H,1,6-12H2,2-4H3/t16-,17+,18-,19-,20+/m0/s1. The molecule has 3 aliphatic rings. The predicted molar refractivity (Wildman–Crippen MR) is 88.0 cm³/mol. The van der Waals surface area contributed by atoms with E-state index in [1.54, 1.807) is 5.57 Å². The number of carbonyl (C=O) groups excluding carboxylic acids is 1. The van der Waals surface area contributed by atoms with Crippen molar-refractivity contribution in [2.24, 2.45) is 28.1 Å². The van der Waals surface area contributed by atoms with Crippen LogP contribution in [0.2, 0.25) is 0 Å². The Hall–Kier alpha value is -0.850. The van der Waals surface area contributed by atoms with Crippen LogP contribution < -0.4 is 0 Å². The quantitative estimate of drug-likeness (QED) is 0.496. The summed E-state index contributed by atoms with van der Waals surface area (Å²) in [6.07, 6.45) is 14.4. The van der Waals surface area contributed by atoms with Gasteiger partial charge in [0.25, 0.3) is 0 Å². The molecule has 0 unspecified atom stereocenters. The molecule has 0 aromatic heterocycles. The highest BCUT2D eigenvalue weighted by atomic mass is 16.1. The molecular weight excluding hydrogens is 256 g/mol. The third kappa shape index (κ3) is 2.15. The van der Waals surface area contributed by atoms with E-state index in [-0.39, 0.29) is 10.8 Å². The molecule has 116 valence electrons. The van der Waals surface area contributed by atoms with Gasteiger partial charge >= 0.3 is 0 Å². The highest BCUT2D eigenvalue weighted by Crippen LogP contribution is 2.63. The third-order valence-corrected chi connectivity index (χ3v) is 7.21. The van der Waals surface area contributed by atoms with Gasteiger partial charge in [-0.15, -0.1) is 6.58 Å². The van der Waals surface area contributed by atoms with E-state index in [2.05, 4.69) is 39.5 Å². The lowest BCUT2D eigenvalue weighted by atomic mass is 9.45. The van der Waals surface area contributed by atoms with E-state index in [4.69, 9.17) is 0 Å². The second kappa shape index (κ2) is 4.83. The molecule has 21 heavy (non-hydrogen) atoms. The van der Waals surface area contributed by atoms with Gasteiger partial charge in [0.15, 0.2) is 0 Å². The summed E-state index contributed by atoms with van der Waals surface area (Å²) >= 11 is 0. The van der Waals surface area contributed by atoms with Crippen molar-refractivity contribution >= 4 is 6.29 Å². The molecule has 0 aliphatic heterocycles. The summed E-state index contributed by atoms with van der Waals surface area (Å²) in [6.45, 7) is 11.0. The number of fused-ring (bicyclic) bond motifs is 3. The Morgan fingerprint density at radius 3 is 2.62 bits per heavy atom. The second-order valence-corrected chi connectivity index (χ2v) is 8.59. The fraction of sp³-hybridized carbons (Fsp3) is 0.750. The highest BCUT2D eigenvalue weighted by molar-refractivity contribution is 5.60. The van der Waals surface area contributed by atoms with E-state index in [1.807, 2.05) is 0 Å². The molecule has 2 fully saturated rings. The first-order chi connectivity index (χ1) is 9.87. The van der Waals surface area contributed by atoms with Crippen LogP contribution in [-0.4, -0.2) is 6.29 Å². The maximum atomic E-state index is 11.8. The van der Waals surface area contributed by atoms with Crippen molar-refractivity contribution < 1.29 is 4.79 Å². The van der Waals surface area contributed by atoms with Gasteiger partial charge in [-0.2, -0.15) is 0 Å². The largest absolute Gasteiger partial charge is 0.303 e. The molecule has 1 heteroatoms. The van der Waals surface area contributed by atoms with E-state index in [0.29, 0.717) is 17.3 Å². The third-order valence-electron chi connectivity index (χ3n) is 7.21. The van der Waals surface area contributed by atoms with Gasteiger partial charge in [-0.05, 0) is 55.8 Å². The van der Waals surface area contributed by atoms with Gasteiger partial charge in [0.05, 0.1) is 0 Å². The summed E-state index contributed by atoms with van der Waals surface area (Å²) in [7, 11) is 0. The summed E-state index contributed by atoms with van der Waals surface area (Å²) in [5.74, 6) is 1.27. The number of hydrogen-bond acceptors (Lipinski definition) is 1. The van der Waals surface area contributed by atoms with Crippen molar-refractivity contribution in [3.63, 3.8) is 0 Å². The Labute approximate surface area is 129 Å². The fourth-order valence-electron chi connectivity index (χ4n) is 5.88. The van der Waals surface area contributed by atoms with Crippen molar-refractivity contribution in [1.82, 2.24) is 0 Å². The second-order valence-electron chi connectivity index (χ2n) is 8.59. The van der Waals surface area contributed by atoms with E-state index >= 15 is 0 Å². The first-order valence-corrected chi connectivity index (χ1v) is 8.68. The minimum Gasteiger partial charge on any atom is -0.303 e. The molecule has 0 aromatic carbocycles. The maximum absolute atomic E-state index is 11.8. The molecule has 0 amide bonds. The van der Waals surface area contributed by atoms with Crippen LogP contribution in [-0.2, 0) is 4.79 Å². The van der Waals surface area contributed by atoms with Crippen LogP contribution >= 0.6 is 0 Å². The zero-order valence-electron chi connectivity index (χ0n) is 14.0. The Bertz CT molecular complexity index is 490. The lowest BCUT2D eigenvalue weighted by molar-refractivity contribution is -0.131. The number of allylic oxidation sites excluding steroid dienone is 3. The molecule has 0 aromatic rings.